The zero-order chi connectivity index (χ0) is 16.4. The summed E-state index contributed by atoms with van der Waals surface area (Å²) in [5, 5.41) is 3.44. The van der Waals surface area contributed by atoms with Gasteiger partial charge in [-0.2, -0.15) is 0 Å². The van der Waals surface area contributed by atoms with Gasteiger partial charge in [0.25, 0.3) is 5.91 Å². The molecule has 1 atom stereocenters. The predicted molar refractivity (Wildman–Crippen MR) is 91.2 cm³/mol. The lowest BCUT2D eigenvalue weighted by Crippen LogP contribution is -2.42. The van der Waals surface area contributed by atoms with Gasteiger partial charge in [-0.05, 0) is 35.9 Å². The number of hydrogen-bond donors (Lipinski definition) is 1. The average molecular weight is 316 g/mol. The molecule has 5 nitrogen and oxygen atoms in total. The predicted octanol–water partition coefficient (Wildman–Crippen LogP) is 3.24. The lowest BCUT2D eigenvalue weighted by molar-refractivity contribution is 0.0662. The van der Waals surface area contributed by atoms with Crippen LogP contribution in [0.15, 0.2) is 73.2 Å². The molecule has 4 rings (SSSR count). The van der Waals surface area contributed by atoms with Crippen LogP contribution in [-0.2, 0) is 6.54 Å². The van der Waals surface area contributed by atoms with Crippen LogP contribution in [-0.4, -0.2) is 20.8 Å². The van der Waals surface area contributed by atoms with Crippen LogP contribution in [0.5, 0.6) is 0 Å². The second-order valence-electron chi connectivity index (χ2n) is 5.64. The summed E-state index contributed by atoms with van der Waals surface area (Å²) in [6.07, 6.45) is 4.94. The summed E-state index contributed by atoms with van der Waals surface area (Å²) in [7, 11) is 0. The average Bonchev–Trinajstić information content (AvgIpc) is 2.65. The summed E-state index contributed by atoms with van der Waals surface area (Å²) >= 11 is 0. The first-order chi connectivity index (χ1) is 11.8. The van der Waals surface area contributed by atoms with Crippen molar-refractivity contribution in [1.29, 1.82) is 0 Å². The van der Waals surface area contributed by atoms with E-state index in [-0.39, 0.29) is 12.1 Å². The van der Waals surface area contributed by atoms with E-state index in [4.69, 9.17) is 0 Å². The molecular formula is C19H16N4O. The summed E-state index contributed by atoms with van der Waals surface area (Å²) < 4.78 is 0. The molecule has 3 heterocycles. The summed E-state index contributed by atoms with van der Waals surface area (Å²) in [5.41, 5.74) is 3.30. The van der Waals surface area contributed by atoms with E-state index in [1.807, 2.05) is 54.6 Å². The molecule has 5 heteroatoms. The maximum absolute atomic E-state index is 13.0. The van der Waals surface area contributed by atoms with E-state index in [0.29, 0.717) is 12.1 Å². The third-order valence-electron chi connectivity index (χ3n) is 4.07. The van der Waals surface area contributed by atoms with Crippen LogP contribution in [0.25, 0.3) is 0 Å². The fraction of sp³-hybridized carbons (Fsp3) is 0.105. The van der Waals surface area contributed by atoms with Gasteiger partial charge in [0.1, 0.15) is 6.17 Å². The van der Waals surface area contributed by atoms with Crippen LogP contribution in [0.1, 0.15) is 27.8 Å². The van der Waals surface area contributed by atoms with Gasteiger partial charge in [0.2, 0.25) is 0 Å². The number of nitrogens with zero attached hydrogens (tertiary/aromatic N) is 3. The van der Waals surface area contributed by atoms with E-state index >= 15 is 0 Å². The molecule has 0 bridgehead atoms. The van der Waals surface area contributed by atoms with Crippen molar-refractivity contribution in [1.82, 2.24) is 14.9 Å². The highest BCUT2D eigenvalue weighted by atomic mass is 16.2. The normalized spacial score (nSPS) is 16.4. The molecule has 0 radical (unpaired) electrons. The number of fused-ring (bicyclic) bond motifs is 1. The zero-order valence-corrected chi connectivity index (χ0v) is 13.0. The minimum absolute atomic E-state index is 0.0103. The van der Waals surface area contributed by atoms with E-state index in [1.165, 1.54) is 0 Å². The number of para-hydroxylation sites is 1. The first-order valence-electron chi connectivity index (χ1n) is 7.79. The van der Waals surface area contributed by atoms with Crippen molar-refractivity contribution in [3.8, 4) is 0 Å². The van der Waals surface area contributed by atoms with Gasteiger partial charge in [-0.3, -0.25) is 14.8 Å². The molecule has 1 aliphatic heterocycles. The van der Waals surface area contributed by atoms with E-state index in [0.717, 1.165) is 16.9 Å². The van der Waals surface area contributed by atoms with Crippen molar-refractivity contribution >= 4 is 11.6 Å². The Morgan fingerprint density at radius 3 is 2.67 bits per heavy atom. The lowest BCUT2D eigenvalue weighted by atomic mass is 10.1. The van der Waals surface area contributed by atoms with Gasteiger partial charge in [0.05, 0.1) is 11.3 Å². The fourth-order valence-corrected chi connectivity index (χ4v) is 2.92. The Kier molecular flexibility index (Phi) is 3.67. The van der Waals surface area contributed by atoms with Gasteiger partial charge in [0, 0.05) is 30.8 Å². The number of benzene rings is 1. The Hall–Kier alpha value is -3.21. The molecule has 0 saturated carbocycles. The molecule has 24 heavy (non-hydrogen) atoms. The Labute approximate surface area is 140 Å². The van der Waals surface area contributed by atoms with Gasteiger partial charge in [-0.1, -0.05) is 24.3 Å². The summed E-state index contributed by atoms with van der Waals surface area (Å²) in [5.74, 6) is -0.0103. The highest BCUT2D eigenvalue weighted by Gasteiger charge is 2.33. The molecule has 1 aromatic carbocycles. The van der Waals surface area contributed by atoms with Crippen LogP contribution in [0.4, 0.5) is 5.69 Å². The molecule has 118 valence electrons. The number of pyridine rings is 2. The van der Waals surface area contributed by atoms with Crippen molar-refractivity contribution in [2.45, 2.75) is 12.7 Å². The molecule has 1 amide bonds. The number of carbonyl (C=O) groups excluding carboxylic acids is 1. The van der Waals surface area contributed by atoms with Crippen LogP contribution >= 0.6 is 0 Å². The van der Waals surface area contributed by atoms with Gasteiger partial charge in [0.15, 0.2) is 0 Å². The number of anilines is 1. The first kappa shape index (κ1) is 14.4. The minimum Gasteiger partial charge on any atom is -0.359 e. The maximum Gasteiger partial charge on any atom is 0.258 e. The molecule has 1 aliphatic rings. The summed E-state index contributed by atoms with van der Waals surface area (Å²) in [6, 6.07) is 17.1. The molecule has 0 spiro atoms. The lowest BCUT2D eigenvalue weighted by Gasteiger charge is -2.37. The standard InChI is InChI=1S/C19H16N4O/c24-19-15-7-1-2-8-16(15)22-18(17-9-3-4-11-21-17)23(19)13-14-6-5-10-20-12-14/h1-12,18,22H,13H2. The number of nitrogens with one attached hydrogen (secondary N) is 1. The largest absolute Gasteiger partial charge is 0.359 e. The van der Waals surface area contributed by atoms with Gasteiger partial charge >= 0.3 is 0 Å². The molecule has 2 aromatic heterocycles. The zero-order valence-electron chi connectivity index (χ0n) is 13.0. The van der Waals surface area contributed by atoms with Crippen molar-refractivity contribution in [3.63, 3.8) is 0 Å². The van der Waals surface area contributed by atoms with E-state index in [9.17, 15) is 4.79 Å². The Balaban J connectivity index is 1.76. The third-order valence-corrected chi connectivity index (χ3v) is 4.07. The fourth-order valence-electron chi connectivity index (χ4n) is 2.92. The molecule has 0 aliphatic carbocycles. The van der Waals surface area contributed by atoms with Crippen LogP contribution in [0, 0.1) is 0 Å². The van der Waals surface area contributed by atoms with E-state index in [2.05, 4.69) is 15.3 Å². The van der Waals surface area contributed by atoms with Crippen LogP contribution in [0.3, 0.4) is 0 Å². The second-order valence-corrected chi connectivity index (χ2v) is 5.64. The summed E-state index contributed by atoms with van der Waals surface area (Å²) in [6.45, 7) is 0.468. The highest BCUT2D eigenvalue weighted by molar-refractivity contribution is 6.01. The highest BCUT2D eigenvalue weighted by Crippen LogP contribution is 2.33. The number of amides is 1. The molecule has 0 fully saturated rings. The minimum atomic E-state index is -0.311. The number of rotatable bonds is 3. The molecule has 3 aromatic rings. The Morgan fingerprint density at radius 2 is 1.88 bits per heavy atom. The van der Waals surface area contributed by atoms with E-state index in [1.54, 1.807) is 23.5 Å². The van der Waals surface area contributed by atoms with Crippen molar-refractivity contribution < 1.29 is 4.79 Å². The molecule has 1 unspecified atom stereocenters. The van der Waals surface area contributed by atoms with Gasteiger partial charge < -0.3 is 10.2 Å². The molecule has 0 saturated heterocycles. The quantitative estimate of drug-likeness (QED) is 0.806. The molecular weight excluding hydrogens is 300 g/mol. The van der Waals surface area contributed by atoms with Crippen LogP contribution in [0.2, 0.25) is 0 Å². The Bertz CT molecular complexity index is 852. The number of hydrogen-bond acceptors (Lipinski definition) is 4. The number of carbonyl (C=O) groups is 1. The van der Waals surface area contributed by atoms with Crippen molar-refractivity contribution in [3.05, 3.63) is 90.0 Å². The second kappa shape index (κ2) is 6.12. The number of aromatic nitrogens is 2. The maximum atomic E-state index is 13.0. The monoisotopic (exact) mass is 316 g/mol. The van der Waals surface area contributed by atoms with Gasteiger partial charge in [-0.25, -0.2) is 0 Å². The van der Waals surface area contributed by atoms with Crippen LogP contribution < -0.4 is 5.32 Å². The third kappa shape index (κ3) is 2.60. The topological polar surface area (TPSA) is 58.1 Å². The SMILES string of the molecule is O=C1c2ccccc2NC(c2ccccn2)N1Cc1cccnc1. The van der Waals surface area contributed by atoms with Crippen molar-refractivity contribution in [2.24, 2.45) is 0 Å². The summed E-state index contributed by atoms with van der Waals surface area (Å²) in [4.78, 5) is 23.4. The Morgan fingerprint density at radius 1 is 1.00 bits per heavy atom. The smallest absolute Gasteiger partial charge is 0.258 e. The first-order valence-corrected chi connectivity index (χ1v) is 7.79. The van der Waals surface area contributed by atoms with Crippen molar-refractivity contribution in [2.75, 3.05) is 5.32 Å². The molecule has 1 N–H and O–H groups in total. The van der Waals surface area contributed by atoms with E-state index < -0.39 is 0 Å². The van der Waals surface area contributed by atoms with Gasteiger partial charge in [-0.15, -0.1) is 0 Å².